The molecule has 0 aliphatic heterocycles. The van der Waals surface area contributed by atoms with Crippen LogP contribution in [0.2, 0.25) is 10.0 Å². The lowest BCUT2D eigenvalue weighted by Crippen LogP contribution is -2.41. The van der Waals surface area contributed by atoms with Gasteiger partial charge in [0.05, 0.1) is 24.6 Å². The molecule has 1 atom stereocenters. The third-order valence-corrected chi connectivity index (χ3v) is 5.47. The molecule has 0 radical (unpaired) electrons. The molecule has 152 valence electrons. The Balaban J connectivity index is 2.13. The summed E-state index contributed by atoms with van der Waals surface area (Å²) in [6.07, 6.45) is 1.02. The number of ether oxygens (including phenoxy) is 1. The smallest absolute Gasteiger partial charge is 0.241 e. The van der Waals surface area contributed by atoms with E-state index in [4.69, 9.17) is 27.9 Å². The number of nitrogens with zero attached hydrogens (tertiary/aromatic N) is 1. The van der Waals surface area contributed by atoms with E-state index in [2.05, 4.69) is 5.32 Å². The molecule has 0 fully saturated rings. The number of anilines is 1. The van der Waals surface area contributed by atoms with Crippen LogP contribution in [0.4, 0.5) is 5.69 Å². The van der Waals surface area contributed by atoms with E-state index in [1.165, 1.54) is 18.2 Å². The normalized spacial score (nSPS) is 12.3. The molecule has 0 spiro atoms. The van der Waals surface area contributed by atoms with Crippen molar-refractivity contribution in [2.24, 2.45) is 0 Å². The van der Waals surface area contributed by atoms with E-state index >= 15 is 0 Å². The second kappa shape index (κ2) is 9.49. The fourth-order valence-electron chi connectivity index (χ4n) is 2.60. The van der Waals surface area contributed by atoms with Crippen molar-refractivity contribution in [2.45, 2.75) is 19.9 Å². The van der Waals surface area contributed by atoms with Gasteiger partial charge in [-0.15, -0.1) is 0 Å². The molecule has 0 saturated carbocycles. The van der Waals surface area contributed by atoms with E-state index in [0.717, 1.165) is 21.9 Å². The number of amides is 1. The first-order valence-corrected chi connectivity index (χ1v) is 11.2. The average Bonchev–Trinajstić information content (AvgIpc) is 2.58. The number of sulfonamides is 1. The number of carbonyl (C=O) groups is 1. The summed E-state index contributed by atoms with van der Waals surface area (Å²) >= 11 is 11.9. The number of rotatable bonds is 8. The van der Waals surface area contributed by atoms with Gasteiger partial charge in [0.1, 0.15) is 12.3 Å². The van der Waals surface area contributed by atoms with Crippen LogP contribution in [-0.2, 0) is 14.8 Å². The molecule has 28 heavy (non-hydrogen) atoms. The van der Waals surface area contributed by atoms with Crippen molar-refractivity contribution in [3.8, 4) is 5.75 Å². The lowest BCUT2D eigenvalue weighted by Gasteiger charge is -2.23. The molecule has 2 rings (SSSR count). The molecule has 0 bridgehead atoms. The van der Waals surface area contributed by atoms with Gasteiger partial charge in [0.25, 0.3) is 0 Å². The van der Waals surface area contributed by atoms with Gasteiger partial charge in [-0.25, -0.2) is 8.42 Å². The first-order valence-electron chi connectivity index (χ1n) is 8.56. The fourth-order valence-corrected chi connectivity index (χ4v) is 3.96. The highest BCUT2D eigenvalue weighted by Crippen LogP contribution is 2.27. The Bertz CT molecular complexity index is 913. The molecule has 9 heteroatoms. The summed E-state index contributed by atoms with van der Waals surface area (Å²) in [5.41, 5.74) is 1.09. The van der Waals surface area contributed by atoms with Crippen molar-refractivity contribution in [3.63, 3.8) is 0 Å². The molecule has 1 unspecified atom stereocenters. The summed E-state index contributed by atoms with van der Waals surface area (Å²) in [6, 6.07) is 11.4. The van der Waals surface area contributed by atoms with E-state index in [0.29, 0.717) is 6.61 Å². The Morgan fingerprint density at radius 3 is 2.21 bits per heavy atom. The highest BCUT2D eigenvalue weighted by molar-refractivity contribution is 7.92. The van der Waals surface area contributed by atoms with Gasteiger partial charge in [-0.1, -0.05) is 35.3 Å². The maximum Gasteiger partial charge on any atom is 0.241 e. The Kier molecular flexibility index (Phi) is 7.57. The molecule has 0 heterocycles. The first-order chi connectivity index (χ1) is 13.1. The molecule has 2 aromatic rings. The Hall–Kier alpha value is -1.96. The number of hydrogen-bond donors (Lipinski definition) is 1. The van der Waals surface area contributed by atoms with Gasteiger partial charge >= 0.3 is 0 Å². The fraction of sp³-hybridized carbons (Fsp3) is 0.316. The number of benzene rings is 2. The van der Waals surface area contributed by atoms with Crippen LogP contribution in [0.25, 0.3) is 0 Å². The summed E-state index contributed by atoms with van der Waals surface area (Å²) in [5.74, 6) is 0.286. The lowest BCUT2D eigenvalue weighted by atomic mass is 10.1. The predicted octanol–water partition coefficient (Wildman–Crippen LogP) is 4.04. The molecule has 1 N–H and O–H groups in total. The molecule has 2 aromatic carbocycles. The van der Waals surface area contributed by atoms with E-state index < -0.39 is 22.5 Å². The Morgan fingerprint density at radius 2 is 1.71 bits per heavy atom. The monoisotopic (exact) mass is 444 g/mol. The highest BCUT2D eigenvalue weighted by atomic mass is 35.5. The van der Waals surface area contributed by atoms with Crippen molar-refractivity contribution in [1.82, 2.24) is 5.32 Å². The molecule has 0 aromatic heterocycles. The van der Waals surface area contributed by atoms with Crippen molar-refractivity contribution >= 4 is 44.8 Å². The van der Waals surface area contributed by atoms with Crippen molar-refractivity contribution in [3.05, 3.63) is 58.1 Å². The van der Waals surface area contributed by atoms with Gasteiger partial charge in [0.15, 0.2) is 0 Å². The summed E-state index contributed by atoms with van der Waals surface area (Å²) in [5, 5.41) is 3.35. The zero-order chi connectivity index (χ0) is 20.9. The summed E-state index contributed by atoms with van der Waals surface area (Å²) in [6.45, 7) is 3.89. The van der Waals surface area contributed by atoms with Crippen molar-refractivity contribution < 1.29 is 17.9 Å². The zero-order valence-corrected chi connectivity index (χ0v) is 18.1. The average molecular weight is 445 g/mol. The third-order valence-electron chi connectivity index (χ3n) is 3.89. The van der Waals surface area contributed by atoms with E-state index in [1.54, 1.807) is 0 Å². The summed E-state index contributed by atoms with van der Waals surface area (Å²) in [4.78, 5) is 12.5. The molecule has 0 aliphatic carbocycles. The van der Waals surface area contributed by atoms with Crippen LogP contribution in [0.15, 0.2) is 42.5 Å². The van der Waals surface area contributed by atoms with Crippen LogP contribution >= 0.6 is 23.2 Å². The van der Waals surface area contributed by atoms with E-state index in [9.17, 15) is 13.2 Å². The summed E-state index contributed by atoms with van der Waals surface area (Å²) < 4.78 is 30.7. The van der Waals surface area contributed by atoms with Gasteiger partial charge in [0, 0.05) is 10.0 Å². The quantitative estimate of drug-likeness (QED) is 0.666. The number of halogens is 2. The van der Waals surface area contributed by atoms with Gasteiger partial charge in [-0.2, -0.15) is 0 Å². The third kappa shape index (κ3) is 6.29. The van der Waals surface area contributed by atoms with Crippen LogP contribution < -0.4 is 14.4 Å². The SMILES string of the molecule is CCOc1ccc(C(C)NC(=O)CN(c2cc(Cl)cc(Cl)c2)S(C)(=O)=O)cc1. The number of nitrogens with one attached hydrogen (secondary N) is 1. The topological polar surface area (TPSA) is 75.7 Å². The minimum atomic E-state index is -3.72. The second-order valence-corrected chi connectivity index (χ2v) is 8.97. The van der Waals surface area contributed by atoms with E-state index in [1.807, 2.05) is 38.1 Å². The van der Waals surface area contributed by atoms with Gasteiger partial charge in [-0.3, -0.25) is 9.10 Å². The zero-order valence-electron chi connectivity index (χ0n) is 15.8. The highest BCUT2D eigenvalue weighted by Gasteiger charge is 2.22. The maximum absolute atomic E-state index is 12.5. The minimum Gasteiger partial charge on any atom is -0.494 e. The Labute approximate surface area is 175 Å². The number of hydrogen-bond acceptors (Lipinski definition) is 4. The molecule has 0 aliphatic rings. The number of carbonyl (C=O) groups excluding carboxylic acids is 1. The van der Waals surface area contributed by atoms with Crippen LogP contribution in [0, 0.1) is 0 Å². The molecule has 1 amide bonds. The van der Waals surface area contributed by atoms with Crippen molar-refractivity contribution in [1.29, 1.82) is 0 Å². The molecule has 6 nitrogen and oxygen atoms in total. The second-order valence-electron chi connectivity index (χ2n) is 6.19. The van der Waals surface area contributed by atoms with Crippen molar-refractivity contribution in [2.75, 3.05) is 23.7 Å². The molecular weight excluding hydrogens is 423 g/mol. The van der Waals surface area contributed by atoms with Gasteiger partial charge in [-0.05, 0) is 49.7 Å². The molecular formula is C19H22Cl2N2O4S. The van der Waals surface area contributed by atoms with Gasteiger partial charge < -0.3 is 10.1 Å². The van der Waals surface area contributed by atoms with Crippen LogP contribution in [0.3, 0.4) is 0 Å². The summed E-state index contributed by atoms with van der Waals surface area (Å²) in [7, 11) is -3.72. The van der Waals surface area contributed by atoms with Gasteiger partial charge in [0.2, 0.25) is 15.9 Å². The van der Waals surface area contributed by atoms with E-state index in [-0.39, 0.29) is 21.8 Å². The molecule has 0 saturated heterocycles. The van der Waals surface area contributed by atoms with Crippen LogP contribution in [-0.4, -0.2) is 33.7 Å². The predicted molar refractivity (Wildman–Crippen MR) is 113 cm³/mol. The maximum atomic E-state index is 12.5. The largest absolute Gasteiger partial charge is 0.494 e. The first kappa shape index (κ1) is 22.3. The lowest BCUT2D eigenvalue weighted by molar-refractivity contribution is -0.120. The minimum absolute atomic E-state index is 0.226. The van der Waals surface area contributed by atoms with Crippen LogP contribution in [0.5, 0.6) is 5.75 Å². The van der Waals surface area contributed by atoms with Crippen LogP contribution in [0.1, 0.15) is 25.5 Å². The Morgan fingerprint density at radius 1 is 1.14 bits per heavy atom. The standard InChI is InChI=1S/C19H22Cl2N2O4S/c1-4-27-18-7-5-14(6-8-18)13(2)22-19(24)12-23(28(3,25)26)17-10-15(20)9-16(21)11-17/h5-11,13H,4,12H2,1-3H3,(H,22,24).